The predicted molar refractivity (Wildman–Crippen MR) is 46.2 cm³/mol. The van der Waals surface area contributed by atoms with E-state index in [-0.39, 0.29) is 0 Å². The summed E-state index contributed by atoms with van der Waals surface area (Å²) < 4.78 is 6.40. The molecule has 6 nitrogen and oxygen atoms in total. The molecule has 0 saturated heterocycles. The van der Waals surface area contributed by atoms with E-state index in [0.717, 1.165) is 5.69 Å². The first-order chi connectivity index (χ1) is 6.77. The highest BCUT2D eigenvalue weighted by molar-refractivity contribution is 5.05. The van der Waals surface area contributed by atoms with Crippen molar-refractivity contribution in [3.8, 4) is 0 Å². The predicted octanol–water partition coefficient (Wildman–Crippen LogP) is 0.0792. The van der Waals surface area contributed by atoms with Gasteiger partial charge in [0.2, 0.25) is 5.89 Å². The molecule has 2 heterocycles. The van der Waals surface area contributed by atoms with Gasteiger partial charge in [-0.15, -0.1) is 0 Å². The average Bonchev–Trinajstić information content (AvgIpc) is 2.75. The Balaban J connectivity index is 2.10. The van der Waals surface area contributed by atoms with Crippen LogP contribution in [0.3, 0.4) is 0 Å². The summed E-state index contributed by atoms with van der Waals surface area (Å²) in [6, 6.07) is 1.75. The Morgan fingerprint density at radius 3 is 3.07 bits per heavy atom. The molecule has 0 bridgehead atoms. The number of aryl methyl sites for hydroxylation is 1. The second kappa shape index (κ2) is 3.59. The summed E-state index contributed by atoms with van der Waals surface area (Å²) >= 11 is 0. The minimum absolute atomic E-state index is 0.305. The highest BCUT2D eigenvalue weighted by Crippen LogP contribution is 2.15. The minimum Gasteiger partial charge on any atom is -0.386 e. The van der Waals surface area contributed by atoms with E-state index >= 15 is 0 Å². The molecule has 14 heavy (non-hydrogen) atoms. The highest BCUT2D eigenvalue weighted by atomic mass is 16.5. The Morgan fingerprint density at radius 2 is 2.50 bits per heavy atom. The molecule has 0 amide bonds. The number of nitrogens with zero attached hydrogens (tertiary/aromatic N) is 4. The number of aliphatic hydroxyl groups is 1. The van der Waals surface area contributed by atoms with Gasteiger partial charge in [0.05, 0.1) is 12.1 Å². The fraction of sp³-hybridized carbons (Fsp3) is 0.375. The van der Waals surface area contributed by atoms with Crippen LogP contribution >= 0.6 is 0 Å². The molecule has 0 aliphatic rings. The third-order valence-electron chi connectivity index (χ3n) is 1.98. The summed E-state index contributed by atoms with van der Waals surface area (Å²) in [6.07, 6.45) is 2.58. The van der Waals surface area contributed by atoms with Crippen LogP contribution in [0, 0.1) is 0 Å². The van der Waals surface area contributed by atoms with E-state index < -0.39 is 6.10 Å². The molecule has 0 saturated carbocycles. The Hall–Kier alpha value is -1.69. The van der Waals surface area contributed by atoms with Crippen molar-refractivity contribution in [2.24, 2.45) is 7.05 Å². The molecule has 2 aromatic rings. The highest BCUT2D eigenvalue weighted by Gasteiger charge is 2.14. The largest absolute Gasteiger partial charge is 0.386 e. The second-order valence-electron chi connectivity index (χ2n) is 2.93. The summed E-state index contributed by atoms with van der Waals surface area (Å²) in [6.45, 7) is 0. The normalized spacial score (nSPS) is 13.0. The van der Waals surface area contributed by atoms with Gasteiger partial charge in [0.25, 0.3) is 0 Å². The quantitative estimate of drug-likeness (QED) is 0.748. The van der Waals surface area contributed by atoms with Crippen molar-refractivity contribution >= 4 is 0 Å². The number of hydrogen-bond donors (Lipinski definition) is 1. The van der Waals surface area contributed by atoms with Gasteiger partial charge in [-0.3, -0.25) is 4.68 Å². The molecule has 74 valence electrons. The maximum atomic E-state index is 9.77. The van der Waals surface area contributed by atoms with Gasteiger partial charge in [-0.1, -0.05) is 5.16 Å². The molecule has 2 aromatic heterocycles. The van der Waals surface area contributed by atoms with Crippen molar-refractivity contribution in [2.45, 2.75) is 12.5 Å². The van der Waals surface area contributed by atoms with Crippen LogP contribution < -0.4 is 0 Å². The maximum Gasteiger partial charge on any atom is 0.229 e. The first-order valence-electron chi connectivity index (χ1n) is 4.19. The Morgan fingerprint density at radius 1 is 1.64 bits per heavy atom. The van der Waals surface area contributed by atoms with Gasteiger partial charge in [-0.25, -0.2) is 0 Å². The van der Waals surface area contributed by atoms with Crippen LogP contribution in [0.25, 0.3) is 0 Å². The van der Waals surface area contributed by atoms with Crippen molar-refractivity contribution in [3.05, 3.63) is 30.2 Å². The molecule has 6 heteroatoms. The molecular weight excluding hydrogens is 184 g/mol. The van der Waals surface area contributed by atoms with Crippen molar-refractivity contribution in [1.29, 1.82) is 0 Å². The van der Waals surface area contributed by atoms with Crippen LogP contribution in [0.4, 0.5) is 0 Å². The molecule has 0 aliphatic heterocycles. The molecule has 0 radical (unpaired) electrons. The van der Waals surface area contributed by atoms with Gasteiger partial charge >= 0.3 is 0 Å². The topological polar surface area (TPSA) is 77.0 Å². The lowest BCUT2D eigenvalue weighted by Gasteiger charge is -2.07. The zero-order valence-electron chi connectivity index (χ0n) is 7.66. The first kappa shape index (κ1) is 8.89. The Bertz CT molecular complexity index is 395. The van der Waals surface area contributed by atoms with E-state index in [2.05, 4.69) is 15.2 Å². The summed E-state index contributed by atoms with van der Waals surface area (Å²) in [5, 5.41) is 17.2. The zero-order chi connectivity index (χ0) is 9.97. The minimum atomic E-state index is -0.664. The molecule has 0 fully saturated rings. The summed E-state index contributed by atoms with van der Waals surface area (Å²) in [4.78, 5) is 3.83. The number of rotatable bonds is 3. The van der Waals surface area contributed by atoms with E-state index in [0.29, 0.717) is 12.3 Å². The lowest BCUT2D eigenvalue weighted by Crippen LogP contribution is -2.08. The van der Waals surface area contributed by atoms with Crippen LogP contribution in [0.5, 0.6) is 0 Å². The van der Waals surface area contributed by atoms with Gasteiger partial charge < -0.3 is 9.63 Å². The lowest BCUT2D eigenvalue weighted by atomic mass is 10.2. The van der Waals surface area contributed by atoms with Crippen molar-refractivity contribution in [2.75, 3.05) is 0 Å². The maximum absolute atomic E-state index is 9.77. The van der Waals surface area contributed by atoms with Gasteiger partial charge in [0.15, 0.2) is 6.33 Å². The smallest absolute Gasteiger partial charge is 0.229 e. The molecule has 0 spiro atoms. The number of aromatic nitrogens is 4. The van der Waals surface area contributed by atoms with E-state index in [1.165, 1.54) is 6.33 Å². The van der Waals surface area contributed by atoms with E-state index in [1.54, 1.807) is 24.0 Å². The van der Waals surface area contributed by atoms with E-state index in [9.17, 15) is 5.11 Å². The van der Waals surface area contributed by atoms with E-state index in [4.69, 9.17) is 4.52 Å². The lowest BCUT2D eigenvalue weighted by molar-refractivity contribution is 0.155. The average molecular weight is 194 g/mol. The third-order valence-corrected chi connectivity index (χ3v) is 1.98. The van der Waals surface area contributed by atoms with E-state index in [1.807, 2.05) is 0 Å². The molecule has 0 aromatic carbocycles. The van der Waals surface area contributed by atoms with Gasteiger partial charge in [0.1, 0.15) is 6.10 Å². The number of hydrogen-bond acceptors (Lipinski definition) is 5. The SMILES string of the molecule is Cn1nccc1C(O)Cc1ncno1. The van der Waals surface area contributed by atoms with Gasteiger partial charge in [0, 0.05) is 13.2 Å². The molecule has 1 atom stereocenters. The van der Waals surface area contributed by atoms with Crippen molar-refractivity contribution < 1.29 is 9.63 Å². The molecular formula is C8H10N4O2. The monoisotopic (exact) mass is 194 g/mol. The van der Waals surface area contributed by atoms with Crippen molar-refractivity contribution in [3.63, 3.8) is 0 Å². The third kappa shape index (κ3) is 1.64. The van der Waals surface area contributed by atoms with Crippen LogP contribution in [-0.2, 0) is 13.5 Å². The standard InChI is InChI=1S/C8H10N4O2/c1-12-6(2-3-10-12)7(13)4-8-9-5-11-14-8/h2-3,5,7,13H,4H2,1H3. The Kier molecular flexibility index (Phi) is 2.28. The number of aliphatic hydroxyl groups excluding tert-OH is 1. The van der Waals surface area contributed by atoms with Crippen LogP contribution in [-0.4, -0.2) is 25.0 Å². The summed E-state index contributed by atoms with van der Waals surface area (Å²) in [7, 11) is 1.77. The van der Waals surface area contributed by atoms with Gasteiger partial charge in [-0.05, 0) is 6.07 Å². The van der Waals surface area contributed by atoms with Crippen LogP contribution in [0.15, 0.2) is 23.1 Å². The molecule has 1 N–H and O–H groups in total. The summed E-state index contributed by atoms with van der Waals surface area (Å²) in [5.41, 5.74) is 0.725. The van der Waals surface area contributed by atoms with Gasteiger partial charge in [-0.2, -0.15) is 10.1 Å². The fourth-order valence-electron chi connectivity index (χ4n) is 1.27. The molecule has 2 rings (SSSR count). The van der Waals surface area contributed by atoms with Crippen LogP contribution in [0.2, 0.25) is 0 Å². The molecule has 1 unspecified atom stereocenters. The van der Waals surface area contributed by atoms with Crippen LogP contribution in [0.1, 0.15) is 17.7 Å². The first-order valence-corrected chi connectivity index (χ1v) is 4.19. The zero-order valence-corrected chi connectivity index (χ0v) is 7.66. The summed E-state index contributed by atoms with van der Waals surface area (Å²) in [5.74, 6) is 0.415. The second-order valence-corrected chi connectivity index (χ2v) is 2.93. The fourth-order valence-corrected chi connectivity index (χ4v) is 1.27. The van der Waals surface area contributed by atoms with Crippen molar-refractivity contribution in [1.82, 2.24) is 19.9 Å². The molecule has 0 aliphatic carbocycles. The Labute approximate surface area is 80.2 Å².